The third kappa shape index (κ3) is 3.54. The summed E-state index contributed by atoms with van der Waals surface area (Å²) in [7, 11) is 0. The maximum atomic E-state index is 5.25. The molecule has 1 fully saturated rings. The minimum atomic E-state index is 0.649. The van der Waals surface area contributed by atoms with Crippen molar-refractivity contribution in [2.45, 2.75) is 45.7 Å². The fourth-order valence-corrected chi connectivity index (χ4v) is 2.39. The van der Waals surface area contributed by atoms with E-state index in [0.29, 0.717) is 6.04 Å². The van der Waals surface area contributed by atoms with Gasteiger partial charge in [0.2, 0.25) is 0 Å². The van der Waals surface area contributed by atoms with Crippen LogP contribution in [0.1, 0.15) is 37.6 Å². The van der Waals surface area contributed by atoms with E-state index >= 15 is 0 Å². The number of oxazole rings is 1. The van der Waals surface area contributed by atoms with Crippen molar-refractivity contribution in [2.75, 3.05) is 19.6 Å². The molecular weight excluding hydrogens is 214 g/mol. The predicted molar refractivity (Wildman–Crippen MR) is 67.8 cm³/mol. The van der Waals surface area contributed by atoms with Gasteiger partial charge in [-0.15, -0.1) is 0 Å². The first-order valence-electron chi connectivity index (χ1n) is 6.64. The van der Waals surface area contributed by atoms with Crippen molar-refractivity contribution in [3.63, 3.8) is 0 Å². The molecule has 4 heteroatoms. The van der Waals surface area contributed by atoms with Gasteiger partial charge in [-0.2, -0.15) is 0 Å². The number of nitrogens with one attached hydrogen (secondary N) is 1. The number of nitrogens with zero attached hydrogens (tertiary/aromatic N) is 2. The molecule has 0 radical (unpaired) electrons. The first kappa shape index (κ1) is 12.6. The van der Waals surface area contributed by atoms with E-state index in [2.05, 4.69) is 22.1 Å². The van der Waals surface area contributed by atoms with Crippen molar-refractivity contribution >= 4 is 0 Å². The van der Waals surface area contributed by atoms with Gasteiger partial charge in [-0.1, -0.05) is 13.3 Å². The Hall–Kier alpha value is -0.870. The van der Waals surface area contributed by atoms with Crippen LogP contribution in [-0.2, 0) is 6.54 Å². The van der Waals surface area contributed by atoms with Gasteiger partial charge in [0.25, 0.3) is 0 Å². The second kappa shape index (κ2) is 6.17. The Morgan fingerprint density at radius 1 is 1.53 bits per heavy atom. The van der Waals surface area contributed by atoms with Crippen LogP contribution in [0, 0.1) is 6.92 Å². The molecule has 0 saturated carbocycles. The van der Waals surface area contributed by atoms with Crippen molar-refractivity contribution in [2.24, 2.45) is 0 Å². The number of hydrogen-bond donors (Lipinski definition) is 1. The lowest BCUT2D eigenvalue weighted by Crippen LogP contribution is -2.43. The maximum absolute atomic E-state index is 5.25. The van der Waals surface area contributed by atoms with Crippen LogP contribution in [0.2, 0.25) is 0 Å². The molecule has 1 aromatic heterocycles. The van der Waals surface area contributed by atoms with Crippen LogP contribution in [0.25, 0.3) is 0 Å². The average Bonchev–Trinajstić information content (AvgIpc) is 2.75. The Kier molecular flexibility index (Phi) is 4.57. The fourth-order valence-electron chi connectivity index (χ4n) is 2.39. The monoisotopic (exact) mass is 237 g/mol. The van der Waals surface area contributed by atoms with Crippen LogP contribution in [0.3, 0.4) is 0 Å². The van der Waals surface area contributed by atoms with E-state index in [1.165, 1.54) is 32.2 Å². The second-order valence-electron chi connectivity index (χ2n) is 4.83. The Morgan fingerprint density at radius 3 is 3.00 bits per heavy atom. The maximum Gasteiger partial charge on any atom is 0.181 e. The largest absolute Gasteiger partial charge is 0.448 e. The van der Waals surface area contributed by atoms with Crippen LogP contribution < -0.4 is 5.32 Å². The molecule has 1 atom stereocenters. The van der Waals surface area contributed by atoms with E-state index in [9.17, 15) is 0 Å². The number of aryl methyl sites for hydroxylation is 1. The van der Waals surface area contributed by atoms with Gasteiger partial charge in [0, 0.05) is 19.1 Å². The second-order valence-corrected chi connectivity index (χ2v) is 4.83. The zero-order valence-corrected chi connectivity index (χ0v) is 10.9. The van der Waals surface area contributed by atoms with Crippen molar-refractivity contribution in [1.29, 1.82) is 0 Å². The minimum Gasteiger partial charge on any atom is -0.448 e. The highest BCUT2D eigenvalue weighted by atomic mass is 16.3. The quantitative estimate of drug-likeness (QED) is 0.850. The molecule has 0 aromatic carbocycles. The van der Waals surface area contributed by atoms with Crippen LogP contribution in [0.15, 0.2) is 10.8 Å². The fraction of sp³-hybridized carbons (Fsp3) is 0.769. The van der Waals surface area contributed by atoms with E-state index in [0.717, 1.165) is 31.1 Å². The summed E-state index contributed by atoms with van der Waals surface area (Å²) in [5, 5.41) is 3.59. The molecule has 0 amide bonds. The van der Waals surface area contributed by atoms with E-state index in [1.807, 2.05) is 6.92 Å². The van der Waals surface area contributed by atoms with E-state index in [-0.39, 0.29) is 0 Å². The molecule has 1 aliphatic heterocycles. The topological polar surface area (TPSA) is 41.3 Å². The minimum absolute atomic E-state index is 0.649. The summed E-state index contributed by atoms with van der Waals surface area (Å²) < 4.78 is 5.25. The zero-order valence-electron chi connectivity index (χ0n) is 10.9. The van der Waals surface area contributed by atoms with Crippen LogP contribution in [-0.4, -0.2) is 35.6 Å². The first-order valence-corrected chi connectivity index (χ1v) is 6.64. The smallest absolute Gasteiger partial charge is 0.181 e. The van der Waals surface area contributed by atoms with Crippen molar-refractivity contribution in [3.05, 3.63) is 17.8 Å². The average molecular weight is 237 g/mol. The van der Waals surface area contributed by atoms with Crippen molar-refractivity contribution in [1.82, 2.24) is 15.2 Å². The molecule has 4 nitrogen and oxygen atoms in total. The molecule has 0 aliphatic carbocycles. The summed E-state index contributed by atoms with van der Waals surface area (Å²) in [6, 6.07) is 0.649. The summed E-state index contributed by atoms with van der Waals surface area (Å²) in [6.07, 6.45) is 5.52. The molecule has 1 aromatic rings. The van der Waals surface area contributed by atoms with Gasteiger partial charge < -0.3 is 9.73 Å². The lowest BCUT2D eigenvalue weighted by atomic mass is 10.0. The highest BCUT2D eigenvalue weighted by Gasteiger charge is 2.17. The van der Waals surface area contributed by atoms with Crippen molar-refractivity contribution < 1.29 is 4.42 Å². The third-order valence-electron chi connectivity index (χ3n) is 3.56. The molecule has 1 N–H and O–H groups in total. The molecule has 0 spiro atoms. The summed E-state index contributed by atoms with van der Waals surface area (Å²) >= 11 is 0. The molecule has 1 saturated heterocycles. The number of rotatable bonds is 5. The highest BCUT2D eigenvalue weighted by molar-refractivity contribution is 5.04. The van der Waals surface area contributed by atoms with Gasteiger partial charge in [0.05, 0.1) is 5.69 Å². The SMILES string of the molecule is CCN(Cc1ncoc1C)CC1CCCCN1. The van der Waals surface area contributed by atoms with E-state index in [1.54, 1.807) is 0 Å². The molecule has 1 aliphatic rings. The van der Waals surface area contributed by atoms with E-state index in [4.69, 9.17) is 4.42 Å². The van der Waals surface area contributed by atoms with Gasteiger partial charge >= 0.3 is 0 Å². The van der Waals surface area contributed by atoms with E-state index < -0.39 is 0 Å². The lowest BCUT2D eigenvalue weighted by Gasteiger charge is -2.29. The van der Waals surface area contributed by atoms with Crippen LogP contribution >= 0.6 is 0 Å². The molecular formula is C13H23N3O. The third-order valence-corrected chi connectivity index (χ3v) is 3.56. The van der Waals surface area contributed by atoms with Gasteiger partial charge in [0.1, 0.15) is 5.76 Å². The summed E-state index contributed by atoms with van der Waals surface area (Å²) in [4.78, 5) is 6.71. The zero-order chi connectivity index (χ0) is 12.1. The highest BCUT2D eigenvalue weighted by Crippen LogP contribution is 2.12. The van der Waals surface area contributed by atoms with Crippen LogP contribution in [0.5, 0.6) is 0 Å². The van der Waals surface area contributed by atoms with Gasteiger partial charge in [0.15, 0.2) is 6.39 Å². The Morgan fingerprint density at radius 2 is 2.41 bits per heavy atom. The normalized spacial score (nSPS) is 21.0. The van der Waals surface area contributed by atoms with Crippen molar-refractivity contribution in [3.8, 4) is 0 Å². The molecule has 96 valence electrons. The number of piperidine rings is 1. The number of likely N-dealkylation sites (N-methyl/N-ethyl adjacent to an activating group) is 1. The van der Waals surface area contributed by atoms with Gasteiger partial charge in [-0.25, -0.2) is 4.98 Å². The number of aromatic nitrogens is 1. The standard InChI is InChI=1S/C13H23N3O/c1-3-16(8-12-6-4-5-7-14-12)9-13-11(2)17-10-15-13/h10,12,14H,3-9H2,1-2H3. The van der Waals surface area contributed by atoms with Crippen LogP contribution in [0.4, 0.5) is 0 Å². The molecule has 17 heavy (non-hydrogen) atoms. The summed E-state index contributed by atoms with van der Waals surface area (Å²) in [6.45, 7) is 8.43. The first-order chi connectivity index (χ1) is 8.29. The van der Waals surface area contributed by atoms with Gasteiger partial charge in [-0.3, -0.25) is 4.90 Å². The Balaban J connectivity index is 1.85. The molecule has 2 heterocycles. The summed E-state index contributed by atoms with van der Waals surface area (Å²) in [5.74, 6) is 0.944. The Bertz CT molecular complexity index is 331. The van der Waals surface area contributed by atoms with Gasteiger partial charge in [-0.05, 0) is 32.9 Å². The summed E-state index contributed by atoms with van der Waals surface area (Å²) in [5.41, 5.74) is 1.07. The molecule has 2 rings (SSSR count). The Labute approximate surface area is 103 Å². The molecule has 0 bridgehead atoms. The lowest BCUT2D eigenvalue weighted by molar-refractivity contribution is 0.223. The predicted octanol–water partition coefficient (Wildman–Crippen LogP) is 1.95. The number of hydrogen-bond acceptors (Lipinski definition) is 4. The molecule has 1 unspecified atom stereocenters.